The summed E-state index contributed by atoms with van der Waals surface area (Å²) in [5, 5.41) is 3.29. The minimum Gasteiger partial charge on any atom is -0.496 e. The van der Waals surface area contributed by atoms with Crippen molar-refractivity contribution in [3.63, 3.8) is 0 Å². The highest BCUT2D eigenvalue weighted by Gasteiger charge is 2.13. The van der Waals surface area contributed by atoms with Crippen molar-refractivity contribution in [2.75, 3.05) is 7.11 Å². The smallest absolute Gasteiger partial charge is 0.129 e. The molecule has 6 aromatic rings. The third-order valence-electron chi connectivity index (χ3n) is 10.8. The third-order valence-corrected chi connectivity index (χ3v) is 12.1. The van der Waals surface area contributed by atoms with Crippen molar-refractivity contribution in [2.24, 2.45) is 0 Å². The summed E-state index contributed by atoms with van der Waals surface area (Å²) in [6.07, 6.45) is 0. The van der Waals surface area contributed by atoms with Gasteiger partial charge in [-0.05, 0) is 162 Å². The lowest BCUT2D eigenvalue weighted by molar-refractivity contribution is 0.407. The van der Waals surface area contributed by atoms with E-state index in [9.17, 15) is 13.2 Å². The Balaban J connectivity index is 0.000000402. The fourth-order valence-corrected chi connectivity index (χ4v) is 9.54. The fourth-order valence-electron chi connectivity index (χ4n) is 7.82. The summed E-state index contributed by atoms with van der Waals surface area (Å²) in [6.45, 7) is 33.0. The maximum Gasteiger partial charge on any atom is 0.129 e. The van der Waals surface area contributed by atoms with Crippen LogP contribution in [0.15, 0.2) is 109 Å². The molecule has 0 aliphatic carbocycles. The van der Waals surface area contributed by atoms with E-state index in [2.05, 4.69) is 94.4 Å². The van der Waals surface area contributed by atoms with Gasteiger partial charge in [0.1, 0.15) is 23.2 Å². The zero-order valence-corrected chi connectivity index (χ0v) is 45.9. The number of rotatable bonds is 7. The van der Waals surface area contributed by atoms with Crippen LogP contribution < -0.4 is 4.74 Å². The number of aryl methyl sites for hydroxylation is 4. The van der Waals surface area contributed by atoms with Crippen molar-refractivity contribution in [1.29, 1.82) is 0 Å². The van der Waals surface area contributed by atoms with Gasteiger partial charge in [-0.15, -0.1) is 0 Å². The molecular formula is C59H75Cl4F3O. The maximum atomic E-state index is 13.1. The van der Waals surface area contributed by atoms with Gasteiger partial charge in [-0.1, -0.05) is 190 Å². The summed E-state index contributed by atoms with van der Waals surface area (Å²) >= 11 is 23.9. The first-order chi connectivity index (χ1) is 31.3. The molecule has 0 bridgehead atoms. The van der Waals surface area contributed by atoms with Crippen LogP contribution in [-0.2, 0) is 0 Å². The van der Waals surface area contributed by atoms with Gasteiger partial charge in [0.25, 0.3) is 0 Å². The van der Waals surface area contributed by atoms with E-state index in [4.69, 9.17) is 51.1 Å². The van der Waals surface area contributed by atoms with Crippen molar-refractivity contribution in [2.45, 2.75) is 146 Å². The van der Waals surface area contributed by atoms with Crippen molar-refractivity contribution < 1.29 is 17.9 Å². The van der Waals surface area contributed by atoms with Gasteiger partial charge < -0.3 is 4.74 Å². The van der Waals surface area contributed by atoms with Gasteiger partial charge in [0, 0.05) is 25.7 Å². The molecule has 0 aliphatic heterocycles. The standard InChI is InChI=1S/C11H16O.2C10H13Cl.C10H13F.C9H10Cl2.C9H10F2/c1-8(2)11-9(3)6-5-7-10(11)12-4;3*1-7(2)10-8(3)5-4-6-9(10)11;2*1-6(2)9-7(10)4-3-5-8(9)11/h5-8H,1-4H3;3*4-7H,1-3H3;2*3-6H,1-2H3. The lowest BCUT2D eigenvalue weighted by Crippen LogP contribution is -1.96. The van der Waals surface area contributed by atoms with E-state index >= 15 is 0 Å². The van der Waals surface area contributed by atoms with E-state index in [1.807, 2.05) is 81.4 Å². The molecule has 0 unspecified atom stereocenters. The summed E-state index contributed by atoms with van der Waals surface area (Å²) in [4.78, 5) is 0. The van der Waals surface area contributed by atoms with Crippen molar-refractivity contribution >= 4 is 46.4 Å². The van der Waals surface area contributed by atoms with Crippen LogP contribution in [-0.4, -0.2) is 7.11 Å². The molecule has 0 fully saturated rings. The molecule has 1 nitrogen and oxygen atoms in total. The quantitative estimate of drug-likeness (QED) is 0.155. The average Bonchev–Trinajstić information content (AvgIpc) is 3.21. The largest absolute Gasteiger partial charge is 0.496 e. The number of benzene rings is 6. The van der Waals surface area contributed by atoms with Crippen LogP contribution >= 0.6 is 46.4 Å². The van der Waals surface area contributed by atoms with Gasteiger partial charge in [-0.3, -0.25) is 0 Å². The molecule has 0 N–H and O–H groups in total. The minimum absolute atomic E-state index is 0.0833. The topological polar surface area (TPSA) is 9.23 Å². The first kappa shape index (κ1) is 61.1. The molecule has 8 heteroatoms. The van der Waals surface area contributed by atoms with Crippen LogP contribution in [0.2, 0.25) is 20.1 Å². The van der Waals surface area contributed by atoms with Crippen molar-refractivity contribution in [3.8, 4) is 5.75 Å². The monoisotopic (exact) mass is 996 g/mol. The van der Waals surface area contributed by atoms with Crippen molar-refractivity contribution in [3.05, 3.63) is 202 Å². The molecule has 6 aromatic carbocycles. The SMILES string of the molecule is CC(C)c1c(Cl)cccc1Cl.CC(C)c1c(F)cccc1F.COc1cccc(C)c1C(C)C.Cc1cccc(Cl)c1C(C)C.Cc1cccc(Cl)c1C(C)C.Cc1cccc(F)c1C(C)C. The Hall–Kier alpha value is -3.93. The number of halogens is 7. The summed E-state index contributed by atoms with van der Waals surface area (Å²) in [5.74, 6) is 2.13. The second-order valence-electron chi connectivity index (χ2n) is 18.3. The molecule has 0 spiro atoms. The van der Waals surface area contributed by atoms with Crippen LogP contribution in [0.4, 0.5) is 13.2 Å². The van der Waals surface area contributed by atoms with Crippen LogP contribution in [0.1, 0.15) is 174 Å². The molecule has 0 aliphatic rings. The molecule has 67 heavy (non-hydrogen) atoms. The Kier molecular flexibility index (Phi) is 27.8. The Morgan fingerprint density at radius 2 is 0.552 bits per heavy atom. The molecule has 0 atom stereocenters. The molecule has 6 rings (SSSR count). The van der Waals surface area contributed by atoms with Gasteiger partial charge in [0.2, 0.25) is 0 Å². The highest BCUT2D eigenvalue weighted by molar-refractivity contribution is 6.36. The third kappa shape index (κ3) is 19.9. The maximum absolute atomic E-state index is 13.1. The fraction of sp³-hybridized carbons (Fsp3) is 0.390. The Morgan fingerprint density at radius 3 is 0.776 bits per heavy atom. The van der Waals surface area contributed by atoms with E-state index in [0.29, 0.717) is 23.7 Å². The Labute approximate surface area is 423 Å². The van der Waals surface area contributed by atoms with Gasteiger partial charge in [0.15, 0.2) is 0 Å². The number of ether oxygens (including phenoxy) is 1. The highest BCUT2D eigenvalue weighted by atomic mass is 35.5. The summed E-state index contributed by atoms with van der Waals surface area (Å²) in [7, 11) is 1.72. The lowest BCUT2D eigenvalue weighted by atomic mass is 9.97. The summed E-state index contributed by atoms with van der Waals surface area (Å²) in [5.41, 5.74) is 10.8. The summed E-state index contributed by atoms with van der Waals surface area (Å²) < 4.78 is 44.1. The molecule has 0 radical (unpaired) electrons. The predicted octanol–water partition coefficient (Wildman–Crippen LogP) is 21.1. The van der Waals surface area contributed by atoms with Crippen LogP contribution in [0, 0.1) is 45.1 Å². The molecule has 0 saturated carbocycles. The van der Waals surface area contributed by atoms with Crippen molar-refractivity contribution in [1.82, 2.24) is 0 Å². The van der Waals surface area contributed by atoms with E-state index in [1.54, 1.807) is 27.0 Å². The Bertz CT molecular complexity index is 1980. The first-order valence-electron chi connectivity index (χ1n) is 23.1. The zero-order valence-electron chi connectivity index (χ0n) is 42.9. The summed E-state index contributed by atoms with van der Waals surface area (Å²) in [6, 6.07) is 33.0. The second kappa shape index (κ2) is 30.5. The number of hydrogen-bond acceptors (Lipinski definition) is 1. The Morgan fingerprint density at radius 1 is 0.313 bits per heavy atom. The number of hydrogen-bond donors (Lipinski definition) is 0. The van der Waals surface area contributed by atoms with Crippen LogP contribution in [0.25, 0.3) is 0 Å². The average molecular weight is 999 g/mol. The zero-order chi connectivity index (χ0) is 51.3. The van der Waals surface area contributed by atoms with E-state index in [0.717, 1.165) is 42.5 Å². The predicted molar refractivity (Wildman–Crippen MR) is 289 cm³/mol. The molecule has 366 valence electrons. The molecule has 0 aromatic heterocycles. The normalized spacial score (nSPS) is 10.6. The highest BCUT2D eigenvalue weighted by Crippen LogP contribution is 2.32. The van der Waals surface area contributed by atoms with Gasteiger partial charge in [0.05, 0.1) is 7.11 Å². The molecular weight excluding hydrogens is 923 g/mol. The molecule has 0 heterocycles. The number of methoxy groups -OCH3 is 1. The molecule has 0 amide bonds. The van der Waals surface area contributed by atoms with Gasteiger partial charge in [-0.25, -0.2) is 13.2 Å². The van der Waals surface area contributed by atoms with E-state index in [1.165, 1.54) is 57.6 Å². The minimum atomic E-state index is -0.458. The van der Waals surface area contributed by atoms with Crippen LogP contribution in [0.3, 0.4) is 0 Å². The molecule has 0 saturated heterocycles. The second-order valence-corrected chi connectivity index (χ2v) is 19.9. The van der Waals surface area contributed by atoms with E-state index < -0.39 is 11.6 Å². The lowest BCUT2D eigenvalue weighted by Gasteiger charge is -2.13. The van der Waals surface area contributed by atoms with E-state index in [-0.39, 0.29) is 23.2 Å². The first-order valence-corrected chi connectivity index (χ1v) is 24.6. The van der Waals surface area contributed by atoms with Gasteiger partial charge >= 0.3 is 0 Å². The van der Waals surface area contributed by atoms with Crippen LogP contribution in [0.5, 0.6) is 5.75 Å². The van der Waals surface area contributed by atoms with Gasteiger partial charge in [-0.2, -0.15) is 0 Å².